The maximum Gasteiger partial charge on any atom is 1.00 e. The fourth-order valence-corrected chi connectivity index (χ4v) is 0.440. The van der Waals surface area contributed by atoms with Crippen molar-refractivity contribution in [3.05, 3.63) is 0 Å². The van der Waals surface area contributed by atoms with Gasteiger partial charge in [0.05, 0.1) is 26.4 Å². The van der Waals surface area contributed by atoms with Gasteiger partial charge in [-0.05, 0) is 0 Å². The summed E-state index contributed by atoms with van der Waals surface area (Å²) < 4.78 is 18.4. The Bertz CT molecular complexity index is 120. The third kappa shape index (κ3) is 22.5. The third-order valence-corrected chi connectivity index (χ3v) is 0.744. The molecule has 6 nitrogen and oxygen atoms in total. The first-order valence-corrected chi connectivity index (χ1v) is 4.35. The van der Waals surface area contributed by atoms with Gasteiger partial charge >= 0.3 is 32.4 Å². The van der Waals surface area contributed by atoms with Gasteiger partial charge in [-0.25, -0.2) is 0 Å². The van der Waals surface area contributed by atoms with Crippen molar-refractivity contribution in [2.45, 2.75) is 0 Å². The normalized spacial score (nSPS) is 16.9. The van der Waals surface area contributed by atoms with E-state index in [1.54, 1.807) is 0 Å². The average molecular weight is 208 g/mol. The molecule has 1 aliphatic rings. The smallest absolute Gasteiger partial charge is 0.822 e. The largest absolute Gasteiger partial charge is 1.00 e. The van der Waals surface area contributed by atoms with Gasteiger partial charge in [0.1, 0.15) is 0 Å². The van der Waals surface area contributed by atoms with Crippen LogP contribution in [0.2, 0.25) is 0 Å². The minimum Gasteiger partial charge on any atom is -0.822 e. The molecule has 1 fully saturated rings. The molecule has 0 radical (unpaired) electrons. The zero-order valence-electron chi connectivity index (χ0n) is 8.73. The van der Waals surface area contributed by atoms with Crippen LogP contribution in [0.15, 0.2) is 0 Å². The van der Waals surface area contributed by atoms with Gasteiger partial charge in [-0.1, -0.05) is 0 Å². The number of phosphoric acid groups is 1. The topological polar surface area (TPSA) is 105 Å². The van der Waals surface area contributed by atoms with Crippen molar-refractivity contribution in [2.75, 3.05) is 26.4 Å². The molecule has 0 amide bonds. The van der Waals surface area contributed by atoms with Crippen molar-refractivity contribution in [1.29, 1.82) is 0 Å². The summed E-state index contributed by atoms with van der Waals surface area (Å²) in [5.41, 5.74) is 0. The molecule has 0 saturated carbocycles. The maximum absolute atomic E-state index is 8.55. The summed E-state index contributed by atoms with van der Waals surface area (Å²) in [6, 6.07) is 0. The van der Waals surface area contributed by atoms with Gasteiger partial charge in [-0.2, -0.15) is 7.82 Å². The van der Waals surface area contributed by atoms with Crippen LogP contribution in [0.4, 0.5) is 0 Å². The van der Waals surface area contributed by atoms with Crippen LogP contribution in [0.5, 0.6) is 0 Å². The molecule has 0 unspecified atom stereocenters. The Morgan fingerprint density at radius 2 is 1.17 bits per heavy atom. The van der Waals surface area contributed by atoms with Gasteiger partial charge in [0, 0.05) is 0 Å². The molecule has 0 aliphatic carbocycles. The maximum atomic E-state index is 8.55. The van der Waals surface area contributed by atoms with Crippen molar-refractivity contribution >= 4 is 7.82 Å². The zero-order chi connectivity index (χ0) is 8.74. The second-order valence-corrected chi connectivity index (χ2v) is 2.57. The molecule has 1 rings (SSSR count). The number of rotatable bonds is 0. The number of ether oxygens (including phenoxy) is 2. The molecule has 0 bridgehead atoms. The second-order valence-electron chi connectivity index (χ2n) is 1.67. The van der Waals surface area contributed by atoms with Gasteiger partial charge in [0.25, 0.3) is 0 Å². The van der Waals surface area contributed by atoms with Crippen LogP contribution in [-0.2, 0) is 14.0 Å². The summed E-state index contributed by atoms with van der Waals surface area (Å²) in [6.07, 6.45) is 0. The predicted octanol–water partition coefficient (Wildman–Crippen LogP) is -5.56. The van der Waals surface area contributed by atoms with E-state index in [1.165, 1.54) is 0 Å². The number of hydrogen-bond donors (Lipinski definition) is 0. The van der Waals surface area contributed by atoms with Crippen molar-refractivity contribution in [1.82, 2.24) is 0 Å². The molecule has 68 valence electrons. The van der Waals surface area contributed by atoms with Gasteiger partial charge in [-0.3, -0.25) is 0 Å². The molecule has 1 saturated heterocycles. The van der Waals surface area contributed by atoms with E-state index < -0.39 is 7.82 Å². The monoisotopic (exact) mass is 208 g/mol. The zero-order valence-corrected chi connectivity index (χ0v) is 9.62. The number of hydrogen-bond acceptors (Lipinski definition) is 6. The fourth-order valence-electron chi connectivity index (χ4n) is 0.440. The van der Waals surface area contributed by atoms with Crippen molar-refractivity contribution in [3.63, 3.8) is 0 Å². The molecule has 12 heavy (non-hydrogen) atoms. The average Bonchev–Trinajstić information content (AvgIpc) is 1.88. The van der Waals surface area contributed by atoms with Crippen LogP contribution >= 0.6 is 7.82 Å². The Labute approximate surface area is 95.4 Å². The van der Waals surface area contributed by atoms with Crippen LogP contribution in [0, 0.1) is 0 Å². The van der Waals surface area contributed by atoms with Gasteiger partial charge in [0.15, 0.2) is 0 Å². The second kappa shape index (κ2) is 8.62. The van der Waals surface area contributed by atoms with Crippen LogP contribution in [0.25, 0.3) is 0 Å². The van der Waals surface area contributed by atoms with Crippen LogP contribution in [0.3, 0.4) is 0 Å². The standard InChI is InChI=1S/C4H8O2.Na.H3O4P/c1-2-6-4-3-5-1;;1-5(2,3)4/h1-4H2;;(H3,1,2,3,4)/q;+1;/p-1. The van der Waals surface area contributed by atoms with Crippen molar-refractivity contribution in [2.24, 2.45) is 0 Å². The molecule has 0 atom stereocenters. The SMILES string of the molecule is C1COCCO1.O=P([O-])([O-])[O-].[H+].[H+].[Na+]. The molecule has 0 spiro atoms. The van der Waals surface area contributed by atoms with Gasteiger partial charge in [-0.15, -0.1) is 0 Å². The Kier molecular flexibility index (Phi) is 11.1. The molecule has 8 heteroatoms. The van der Waals surface area contributed by atoms with Gasteiger partial charge in [0.2, 0.25) is 0 Å². The molecular formula is C4H10NaO6P. The van der Waals surface area contributed by atoms with Crippen molar-refractivity contribution < 1.29 is 61.1 Å². The Hall–Kier alpha value is 1.03. The summed E-state index contributed by atoms with van der Waals surface area (Å²) in [5, 5.41) is 0. The van der Waals surface area contributed by atoms with Gasteiger partial charge < -0.3 is 28.7 Å². The van der Waals surface area contributed by atoms with E-state index in [2.05, 4.69) is 0 Å². The molecule has 1 aliphatic heterocycles. The molecule has 0 N–H and O–H groups in total. The summed E-state index contributed by atoms with van der Waals surface area (Å²) in [7, 11) is -5.39. The molecule has 1 heterocycles. The summed E-state index contributed by atoms with van der Waals surface area (Å²) >= 11 is 0. The summed E-state index contributed by atoms with van der Waals surface area (Å²) in [5.74, 6) is 0. The third-order valence-electron chi connectivity index (χ3n) is 0.744. The molecular weight excluding hydrogens is 198 g/mol. The van der Waals surface area contributed by atoms with E-state index in [9.17, 15) is 0 Å². The van der Waals surface area contributed by atoms with Crippen LogP contribution < -0.4 is 44.2 Å². The van der Waals surface area contributed by atoms with Crippen LogP contribution in [0.1, 0.15) is 2.85 Å². The van der Waals surface area contributed by atoms with E-state index in [4.69, 9.17) is 28.7 Å². The fraction of sp³-hybridized carbons (Fsp3) is 1.00. The predicted molar refractivity (Wildman–Crippen MR) is 31.5 cm³/mol. The first-order chi connectivity index (χ1) is 5.00. The molecule has 0 aromatic rings. The minimum atomic E-state index is -5.39. The first kappa shape index (κ1) is 15.5. The van der Waals surface area contributed by atoms with E-state index in [-0.39, 0.29) is 32.4 Å². The van der Waals surface area contributed by atoms with Crippen LogP contribution in [-0.4, -0.2) is 26.4 Å². The Morgan fingerprint density at radius 3 is 1.25 bits per heavy atom. The summed E-state index contributed by atoms with van der Waals surface area (Å²) in [6.45, 7) is 3.11. The van der Waals surface area contributed by atoms with Crippen molar-refractivity contribution in [3.8, 4) is 0 Å². The van der Waals surface area contributed by atoms with E-state index >= 15 is 0 Å². The molecule has 0 aromatic carbocycles. The Morgan fingerprint density at radius 1 is 1.00 bits per heavy atom. The first-order valence-electron chi connectivity index (χ1n) is 2.88. The minimum absolute atomic E-state index is 0. The Balaban J connectivity index is -0.0000000597. The van der Waals surface area contributed by atoms with E-state index in [1.807, 2.05) is 0 Å². The quantitative estimate of drug-likeness (QED) is 0.290. The molecule has 0 aromatic heterocycles. The van der Waals surface area contributed by atoms with E-state index in [0.717, 1.165) is 26.4 Å². The summed E-state index contributed by atoms with van der Waals surface area (Å²) in [4.78, 5) is 25.6. The van der Waals surface area contributed by atoms with E-state index in [0.29, 0.717) is 0 Å².